The van der Waals surface area contributed by atoms with Crippen LogP contribution in [0.1, 0.15) is 30.5 Å². The molecule has 2 rings (SSSR count). The molecule has 2 nitrogen and oxygen atoms in total. The van der Waals surface area contributed by atoms with Crippen LogP contribution in [0.3, 0.4) is 0 Å². The van der Waals surface area contributed by atoms with Crippen LogP contribution in [-0.4, -0.2) is 18.5 Å². The summed E-state index contributed by atoms with van der Waals surface area (Å²) >= 11 is 0. The van der Waals surface area contributed by atoms with Gasteiger partial charge in [0, 0.05) is 13.1 Å². The van der Waals surface area contributed by atoms with Gasteiger partial charge < -0.3 is 4.90 Å². The summed E-state index contributed by atoms with van der Waals surface area (Å²) in [5, 5.41) is 8.74. The van der Waals surface area contributed by atoms with Crippen molar-refractivity contribution in [3.8, 4) is 6.07 Å². The van der Waals surface area contributed by atoms with Crippen molar-refractivity contribution in [1.82, 2.24) is 4.90 Å². The lowest BCUT2D eigenvalue weighted by Gasteiger charge is -2.24. The maximum absolute atomic E-state index is 8.74. The van der Waals surface area contributed by atoms with Crippen LogP contribution in [0.4, 0.5) is 0 Å². The Morgan fingerprint density at radius 3 is 2.67 bits per heavy atom. The molecule has 0 fully saturated rings. The molecule has 0 saturated carbocycles. The molecule has 0 aromatic heterocycles. The smallest absolute Gasteiger partial charge is 0.0991 e. The third-order valence-corrected chi connectivity index (χ3v) is 2.54. The first-order valence-electron chi connectivity index (χ1n) is 5.50. The standard InChI is InChI=1S/C11H12N2.C2H6/c1-13-5-4-10-3-2-9(7-12)6-11(10)8-13;1-2/h2-3,6H,4-5,8H2,1H3;1-2H3. The molecule has 1 heterocycles. The molecule has 2 heteroatoms. The second kappa shape index (κ2) is 5.53. The van der Waals surface area contributed by atoms with E-state index >= 15 is 0 Å². The molecule has 0 spiro atoms. The van der Waals surface area contributed by atoms with E-state index in [0.717, 1.165) is 25.1 Å². The second-order valence-corrected chi connectivity index (χ2v) is 3.58. The number of hydrogen-bond donors (Lipinski definition) is 0. The Bertz CT molecular complexity index is 363. The highest BCUT2D eigenvalue weighted by molar-refractivity contribution is 5.39. The minimum atomic E-state index is 0.772. The molecule has 1 aromatic rings. The van der Waals surface area contributed by atoms with Gasteiger partial charge in [0.25, 0.3) is 0 Å². The van der Waals surface area contributed by atoms with E-state index in [1.807, 2.05) is 26.0 Å². The summed E-state index contributed by atoms with van der Waals surface area (Å²) in [6, 6.07) is 8.17. The molecule has 0 N–H and O–H groups in total. The normalized spacial score (nSPS) is 14.5. The van der Waals surface area contributed by atoms with Crippen molar-refractivity contribution in [2.75, 3.05) is 13.6 Å². The fraction of sp³-hybridized carbons (Fsp3) is 0.462. The average Bonchev–Trinajstić information content (AvgIpc) is 2.30. The van der Waals surface area contributed by atoms with Crippen LogP contribution in [0.5, 0.6) is 0 Å². The van der Waals surface area contributed by atoms with Gasteiger partial charge in [0.05, 0.1) is 11.6 Å². The first kappa shape index (κ1) is 11.7. The summed E-state index contributed by atoms with van der Waals surface area (Å²) in [5.74, 6) is 0. The van der Waals surface area contributed by atoms with Gasteiger partial charge in [0.2, 0.25) is 0 Å². The molecule has 15 heavy (non-hydrogen) atoms. The van der Waals surface area contributed by atoms with Crippen LogP contribution >= 0.6 is 0 Å². The molecular weight excluding hydrogens is 184 g/mol. The van der Waals surface area contributed by atoms with Gasteiger partial charge in [-0.15, -0.1) is 0 Å². The highest BCUT2D eigenvalue weighted by Gasteiger charge is 2.12. The first-order valence-corrected chi connectivity index (χ1v) is 5.50. The van der Waals surface area contributed by atoms with Crippen LogP contribution in [0.15, 0.2) is 18.2 Å². The van der Waals surface area contributed by atoms with Gasteiger partial charge in [-0.05, 0) is 36.7 Å². The summed E-state index contributed by atoms with van der Waals surface area (Å²) in [6.45, 7) is 6.10. The van der Waals surface area contributed by atoms with Gasteiger partial charge in [-0.3, -0.25) is 0 Å². The lowest BCUT2D eigenvalue weighted by Crippen LogP contribution is -2.26. The molecule has 1 aromatic carbocycles. The van der Waals surface area contributed by atoms with E-state index in [1.165, 1.54) is 11.1 Å². The zero-order chi connectivity index (χ0) is 11.3. The van der Waals surface area contributed by atoms with Gasteiger partial charge in [-0.1, -0.05) is 19.9 Å². The quantitative estimate of drug-likeness (QED) is 0.646. The van der Waals surface area contributed by atoms with E-state index in [4.69, 9.17) is 5.26 Å². The van der Waals surface area contributed by atoms with Gasteiger partial charge in [0.1, 0.15) is 0 Å². The second-order valence-electron chi connectivity index (χ2n) is 3.58. The molecule has 0 bridgehead atoms. The van der Waals surface area contributed by atoms with Crippen LogP contribution in [-0.2, 0) is 13.0 Å². The van der Waals surface area contributed by atoms with Crippen LogP contribution < -0.4 is 0 Å². The number of benzene rings is 1. The zero-order valence-corrected chi connectivity index (χ0v) is 9.75. The number of hydrogen-bond acceptors (Lipinski definition) is 2. The Morgan fingerprint density at radius 2 is 2.00 bits per heavy atom. The van der Waals surface area contributed by atoms with E-state index in [1.54, 1.807) is 0 Å². The van der Waals surface area contributed by atoms with E-state index < -0.39 is 0 Å². The van der Waals surface area contributed by atoms with E-state index in [-0.39, 0.29) is 0 Å². The fourth-order valence-electron chi connectivity index (χ4n) is 1.77. The number of rotatable bonds is 0. The summed E-state index contributed by atoms with van der Waals surface area (Å²) in [5.41, 5.74) is 3.49. The largest absolute Gasteiger partial charge is 0.302 e. The van der Waals surface area contributed by atoms with Crippen LogP contribution in [0.2, 0.25) is 0 Å². The Kier molecular flexibility index (Phi) is 4.33. The lowest BCUT2D eigenvalue weighted by molar-refractivity contribution is 0.313. The van der Waals surface area contributed by atoms with Crippen molar-refractivity contribution in [2.24, 2.45) is 0 Å². The molecule has 0 saturated heterocycles. The predicted molar refractivity (Wildman–Crippen MR) is 62.5 cm³/mol. The van der Waals surface area contributed by atoms with Crippen molar-refractivity contribution in [3.05, 3.63) is 34.9 Å². The molecule has 0 unspecified atom stereocenters. The van der Waals surface area contributed by atoms with Crippen LogP contribution in [0, 0.1) is 11.3 Å². The number of fused-ring (bicyclic) bond motifs is 1. The zero-order valence-electron chi connectivity index (χ0n) is 9.75. The molecule has 80 valence electrons. The van der Waals surface area contributed by atoms with E-state index in [9.17, 15) is 0 Å². The number of likely N-dealkylation sites (N-methyl/N-ethyl adjacent to an activating group) is 1. The number of nitrogens with zero attached hydrogens (tertiary/aromatic N) is 2. The fourth-order valence-corrected chi connectivity index (χ4v) is 1.77. The monoisotopic (exact) mass is 202 g/mol. The molecule has 0 atom stereocenters. The third kappa shape index (κ3) is 2.81. The SMILES string of the molecule is CC.CN1CCc2ccc(C#N)cc2C1. The maximum atomic E-state index is 8.74. The summed E-state index contributed by atoms with van der Waals surface area (Å²) < 4.78 is 0. The van der Waals surface area contributed by atoms with Gasteiger partial charge in [0.15, 0.2) is 0 Å². The van der Waals surface area contributed by atoms with E-state index in [0.29, 0.717) is 0 Å². The summed E-state index contributed by atoms with van der Waals surface area (Å²) in [6.07, 6.45) is 1.11. The first-order chi connectivity index (χ1) is 7.29. The predicted octanol–water partition coefficient (Wildman–Crippen LogP) is 2.57. The molecule has 0 amide bonds. The topological polar surface area (TPSA) is 27.0 Å². The molecule has 1 aliphatic rings. The molecule has 1 aliphatic heterocycles. The highest BCUT2D eigenvalue weighted by Crippen LogP contribution is 2.18. The lowest BCUT2D eigenvalue weighted by atomic mass is 9.98. The minimum absolute atomic E-state index is 0.772. The summed E-state index contributed by atoms with van der Waals surface area (Å²) in [7, 11) is 2.11. The molecular formula is C13H18N2. The Balaban J connectivity index is 0.000000531. The average molecular weight is 202 g/mol. The third-order valence-electron chi connectivity index (χ3n) is 2.54. The molecule has 0 aliphatic carbocycles. The van der Waals surface area contributed by atoms with Gasteiger partial charge in [-0.2, -0.15) is 5.26 Å². The number of nitriles is 1. The van der Waals surface area contributed by atoms with Crippen molar-refractivity contribution < 1.29 is 0 Å². The minimum Gasteiger partial charge on any atom is -0.302 e. The van der Waals surface area contributed by atoms with Crippen molar-refractivity contribution in [3.63, 3.8) is 0 Å². The van der Waals surface area contributed by atoms with Gasteiger partial charge in [-0.25, -0.2) is 0 Å². The Labute approximate surface area is 92.1 Å². The molecule has 0 radical (unpaired) electrons. The Morgan fingerprint density at radius 1 is 1.27 bits per heavy atom. The van der Waals surface area contributed by atoms with Crippen molar-refractivity contribution >= 4 is 0 Å². The van der Waals surface area contributed by atoms with Gasteiger partial charge >= 0.3 is 0 Å². The van der Waals surface area contributed by atoms with Crippen molar-refractivity contribution in [1.29, 1.82) is 5.26 Å². The van der Waals surface area contributed by atoms with Crippen LogP contribution in [0.25, 0.3) is 0 Å². The maximum Gasteiger partial charge on any atom is 0.0991 e. The summed E-state index contributed by atoms with van der Waals surface area (Å²) in [4.78, 5) is 2.28. The Hall–Kier alpha value is -1.33. The van der Waals surface area contributed by atoms with Crippen molar-refractivity contribution in [2.45, 2.75) is 26.8 Å². The van der Waals surface area contributed by atoms with E-state index in [2.05, 4.69) is 24.1 Å². The highest BCUT2D eigenvalue weighted by atomic mass is 15.1.